The number of thiophene rings is 1. The summed E-state index contributed by atoms with van der Waals surface area (Å²) in [5, 5.41) is 2.17. The van der Waals surface area contributed by atoms with Crippen molar-refractivity contribution in [1.82, 2.24) is 4.90 Å². The summed E-state index contributed by atoms with van der Waals surface area (Å²) in [5.74, 6) is 4.47. The Labute approximate surface area is 130 Å². The second-order valence-electron chi connectivity index (χ2n) is 7.64. The van der Waals surface area contributed by atoms with E-state index in [1.165, 1.54) is 37.0 Å². The quantitative estimate of drug-likeness (QED) is 0.912. The summed E-state index contributed by atoms with van der Waals surface area (Å²) in [5.41, 5.74) is 6.60. The van der Waals surface area contributed by atoms with Crippen LogP contribution in [0.4, 0.5) is 0 Å². The standard InChI is InChI=1S/C17H23N3S/c18-16-19-10-17(20(16)9-15-2-1-3-21-15)13-5-11-4-12(7-13)8-14(17)6-11/h1-3,11-14H,4-10H2,(H2,18,19). The predicted molar refractivity (Wildman–Crippen MR) is 86.1 cm³/mol. The lowest BCUT2D eigenvalue weighted by atomic mass is 9.48. The largest absolute Gasteiger partial charge is 0.370 e. The number of nitrogens with two attached hydrogens (primary N) is 1. The van der Waals surface area contributed by atoms with E-state index < -0.39 is 0 Å². The first-order valence-corrected chi connectivity index (χ1v) is 9.23. The second kappa shape index (κ2) is 4.25. The van der Waals surface area contributed by atoms with E-state index in [0.717, 1.165) is 42.7 Å². The van der Waals surface area contributed by atoms with Crippen molar-refractivity contribution in [2.75, 3.05) is 6.54 Å². The van der Waals surface area contributed by atoms with E-state index in [0.29, 0.717) is 0 Å². The molecule has 3 nitrogen and oxygen atoms in total. The maximum absolute atomic E-state index is 6.33. The Morgan fingerprint density at radius 2 is 1.90 bits per heavy atom. The van der Waals surface area contributed by atoms with Gasteiger partial charge in [-0.2, -0.15) is 0 Å². The molecular formula is C17H23N3S. The summed E-state index contributed by atoms with van der Waals surface area (Å²) >= 11 is 1.84. The summed E-state index contributed by atoms with van der Waals surface area (Å²) in [6.07, 6.45) is 7.21. The number of hydrogen-bond donors (Lipinski definition) is 1. The van der Waals surface area contributed by atoms with Gasteiger partial charge in [-0.15, -0.1) is 11.3 Å². The molecule has 0 saturated heterocycles. The van der Waals surface area contributed by atoms with Crippen molar-refractivity contribution in [2.24, 2.45) is 34.4 Å². The number of guanidine groups is 1. The summed E-state index contributed by atoms with van der Waals surface area (Å²) in [6, 6.07) is 4.38. The second-order valence-corrected chi connectivity index (χ2v) is 8.67. The molecule has 21 heavy (non-hydrogen) atoms. The van der Waals surface area contributed by atoms with E-state index in [1.54, 1.807) is 0 Å². The third kappa shape index (κ3) is 1.63. The van der Waals surface area contributed by atoms with Crippen LogP contribution in [-0.4, -0.2) is 22.9 Å². The highest BCUT2D eigenvalue weighted by atomic mass is 32.1. The van der Waals surface area contributed by atoms with Gasteiger partial charge in [0, 0.05) is 4.88 Å². The van der Waals surface area contributed by atoms with E-state index in [9.17, 15) is 0 Å². The zero-order valence-corrected chi connectivity index (χ0v) is 13.2. The molecule has 0 unspecified atom stereocenters. The van der Waals surface area contributed by atoms with E-state index in [2.05, 4.69) is 22.4 Å². The fourth-order valence-corrected chi connectivity index (χ4v) is 6.77. The van der Waals surface area contributed by atoms with Gasteiger partial charge in [-0.25, -0.2) is 0 Å². The molecule has 0 atom stereocenters. The van der Waals surface area contributed by atoms with Gasteiger partial charge in [-0.05, 0) is 67.2 Å². The van der Waals surface area contributed by atoms with E-state index in [1.807, 2.05) is 11.3 Å². The highest BCUT2D eigenvalue weighted by Crippen LogP contribution is 2.61. The number of aliphatic imine (C=N–C) groups is 1. The van der Waals surface area contributed by atoms with Crippen LogP contribution in [0.25, 0.3) is 0 Å². The Kier molecular flexibility index (Phi) is 2.53. The molecule has 4 fully saturated rings. The first-order valence-electron chi connectivity index (χ1n) is 8.35. The average Bonchev–Trinajstić information content (AvgIpc) is 3.07. The molecule has 4 aliphatic carbocycles. The smallest absolute Gasteiger partial charge is 0.192 e. The van der Waals surface area contributed by atoms with Gasteiger partial charge >= 0.3 is 0 Å². The maximum atomic E-state index is 6.33. The van der Waals surface area contributed by atoms with E-state index in [4.69, 9.17) is 10.7 Å². The normalized spacial score (nSPS) is 43.8. The van der Waals surface area contributed by atoms with Crippen LogP contribution in [0.3, 0.4) is 0 Å². The van der Waals surface area contributed by atoms with Crippen LogP contribution in [0.5, 0.6) is 0 Å². The Bertz CT molecular complexity index is 549. The van der Waals surface area contributed by atoms with Crippen molar-refractivity contribution in [2.45, 2.75) is 44.2 Å². The molecule has 6 rings (SSSR count). The van der Waals surface area contributed by atoms with Crippen molar-refractivity contribution < 1.29 is 0 Å². The van der Waals surface area contributed by atoms with Crippen molar-refractivity contribution in [3.8, 4) is 0 Å². The highest BCUT2D eigenvalue weighted by Gasteiger charge is 2.61. The Balaban J connectivity index is 1.52. The van der Waals surface area contributed by atoms with Crippen LogP contribution in [0.2, 0.25) is 0 Å². The molecule has 0 amide bonds. The minimum Gasteiger partial charge on any atom is -0.370 e. The first-order chi connectivity index (χ1) is 10.3. The summed E-state index contributed by atoms with van der Waals surface area (Å²) < 4.78 is 0. The molecule has 4 saturated carbocycles. The van der Waals surface area contributed by atoms with E-state index >= 15 is 0 Å². The summed E-state index contributed by atoms with van der Waals surface area (Å²) in [7, 11) is 0. The van der Waals surface area contributed by atoms with Crippen LogP contribution < -0.4 is 5.73 Å². The molecule has 112 valence electrons. The fourth-order valence-electron chi connectivity index (χ4n) is 6.08. The molecular weight excluding hydrogens is 278 g/mol. The maximum Gasteiger partial charge on any atom is 0.192 e. The number of hydrogen-bond acceptors (Lipinski definition) is 4. The highest BCUT2D eigenvalue weighted by molar-refractivity contribution is 7.09. The molecule has 2 N–H and O–H groups in total. The zero-order valence-electron chi connectivity index (χ0n) is 12.4. The van der Waals surface area contributed by atoms with Gasteiger partial charge in [0.1, 0.15) is 0 Å². The summed E-state index contributed by atoms with van der Waals surface area (Å²) in [4.78, 5) is 8.65. The predicted octanol–water partition coefficient (Wildman–Crippen LogP) is 3.07. The van der Waals surface area contributed by atoms with Gasteiger partial charge in [-0.1, -0.05) is 6.07 Å². The molecule has 2 heterocycles. The van der Waals surface area contributed by atoms with Crippen molar-refractivity contribution in [1.29, 1.82) is 0 Å². The van der Waals surface area contributed by atoms with E-state index in [-0.39, 0.29) is 5.54 Å². The van der Waals surface area contributed by atoms with Crippen molar-refractivity contribution in [3.63, 3.8) is 0 Å². The van der Waals surface area contributed by atoms with Gasteiger partial charge in [0.15, 0.2) is 5.96 Å². The van der Waals surface area contributed by atoms with Gasteiger partial charge in [0.2, 0.25) is 0 Å². The van der Waals surface area contributed by atoms with Crippen molar-refractivity contribution >= 4 is 17.3 Å². The third-order valence-corrected chi connectivity index (χ3v) is 7.58. The molecule has 4 heteroatoms. The molecule has 1 spiro atoms. The molecule has 5 aliphatic rings. The lowest BCUT2D eigenvalue weighted by molar-refractivity contribution is -0.103. The SMILES string of the molecule is NC1=NCC2(C3CC4CC(C3)CC2C4)N1Cc1cccs1. The van der Waals surface area contributed by atoms with Crippen LogP contribution in [0.1, 0.15) is 37.0 Å². The molecule has 1 aromatic heterocycles. The van der Waals surface area contributed by atoms with Gasteiger partial charge in [-0.3, -0.25) is 4.99 Å². The Hall–Kier alpha value is -1.03. The Morgan fingerprint density at radius 3 is 2.52 bits per heavy atom. The van der Waals surface area contributed by atoms with Crippen molar-refractivity contribution in [3.05, 3.63) is 22.4 Å². The summed E-state index contributed by atoms with van der Waals surface area (Å²) in [6.45, 7) is 1.92. The first kappa shape index (κ1) is 12.5. The number of nitrogens with zero attached hydrogens (tertiary/aromatic N) is 2. The molecule has 4 bridgehead atoms. The molecule has 0 radical (unpaired) electrons. The van der Waals surface area contributed by atoms with Crippen LogP contribution in [-0.2, 0) is 6.54 Å². The van der Waals surface area contributed by atoms with Gasteiger partial charge < -0.3 is 10.6 Å². The molecule has 1 aliphatic heterocycles. The van der Waals surface area contributed by atoms with Gasteiger partial charge in [0.25, 0.3) is 0 Å². The zero-order chi connectivity index (χ0) is 14.0. The minimum atomic E-state index is 0.265. The number of rotatable bonds is 2. The molecule has 1 aromatic rings. The van der Waals surface area contributed by atoms with Crippen LogP contribution in [0, 0.1) is 23.7 Å². The average molecular weight is 301 g/mol. The minimum absolute atomic E-state index is 0.265. The topological polar surface area (TPSA) is 41.6 Å². The Morgan fingerprint density at radius 1 is 1.19 bits per heavy atom. The lowest BCUT2D eigenvalue weighted by Gasteiger charge is -2.62. The van der Waals surface area contributed by atoms with Crippen LogP contribution >= 0.6 is 11.3 Å². The van der Waals surface area contributed by atoms with Gasteiger partial charge in [0.05, 0.1) is 18.6 Å². The fraction of sp³-hybridized carbons (Fsp3) is 0.706. The molecule has 0 aromatic carbocycles. The lowest BCUT2D eigenvalue weighted by Crippen LogP contribution is -2.66. The monoisotopic (exact) mass is 301 g/mol. The van der Waals surface area contributed by atoms with Crippen LogP contribution in [0.15, 0.2) is 22.5 Å². The third-order valence-electron chi connectivity index (χ3n) is 6.72.